The molecule has 1 heterocycles. The number of rotatable bonds is 8. The summed E-state index contributed by atoms with van der Waals surface area (Å²) >= 11 is 0. The van der Waals surface area contributed by atoms with E-state index in [1.807, 2.05) is 24.3 Å². The summed E-state index contributed by atoms with van der Waals surface area (Å²) in [6.07, 6.45) is 3.95. The van der Waals surface area contributed by atoms with Gasteiger partial charge in [0.2, 0.25) is 5.91 Å². The van der Waals surface area contributed by atoms with Crippen molar-refractivity contribution < 1.29 is 13.9 Å². The van der Waals surface area contributed by atoms with E-state index in [1.54, 1.807) is 13.4 Å². The smallest absolute Gasteiger partial charge is 0.234 e. The maximum atomic E-state index is 12.2. The zero-order chi connectivity index (χ0) is 16.1. The highest BCUT2D eigenvalue weighted by Crippen LogP contribution is 2.28. The summed E-state index contributed by atoms with van der Waals surface area (Å²) in [5, 5.41) is 2.91. The molecule has 1 aromatic carbocycles. The molecule has 0 saturated heterocycles. The number of ether oxygens (including phenoxy) is 1. The fourth-order valence-corrected chi connectivity index (χ4v) is 2.56. The number of furan rings is 1. The van der Waals surface area contributed by atoms with Crippen molar-refractivity contribution in [3.63, 3.8) is 0 Å². The van der Waals surface area contributed by atoms with Gasteiger partial charge in [-0.15, -0.1) is 0 Å². The number of amides is 1. The van der Waals surface area contributed by atoms with Crippen molar-refractivity contribution in [3.8, 4) is 5.75 Å². The molecule has 0 spiro atoms. The van der Waals surface area contributed by atoms with E-state index in [0.717, 1.165) is 18.1 Å². The van der Waals surface area contributed by atoms with E-state index in [-0.39, 0.29) is 5.91 Å². The van der Waals surface area contributed by atoms with Gasteiger partial charge >= 0.3 is 0 Å². The van der Waals surface area contributed by atoms with Gasteiger partial charge in [0.15, 0.2) is 0 Å². The van der Waals surface area contributed by atoms with Crippen LogP contribution in [0.15, 0.2) is 47.1 Å². The zero-order valence-electron chi connectivity index (χ0n) is 13.3. The van der Waals surface area contributed by atoms with Crippen molar-refractivity contribution in [3.05, 3.63) is 54.0 Å². The summed E-state index contributed by atoms with van der Waals surface area (Å²) < 4.78 is 10.4. The molecule has 122 valence electrons. The van der Waals surface area contributed by atoms with Crippen molar-refractivity contribution in [1.82, 2.24) is 10.2 Å². The first-order valence-corrected chi connectivity index (χ1v) is 7.90. The Morgan fingerprint density at radius 2 is 2.09 bits per heavy atom. The van der Waals surface area contributed by atoms with Crippen LogP contribution in [0.5, 0.6) is 5.75 Å². The van der Waals surface area contributed by atoms with E-state index < -0.39 is 0 Å². The molecule has 1 amide bonds. The van der Waals surface area contributed by atoms with Crippen LogP contribution in [0.25, 0.3) is 0 Å². The van der Waals surface area contributed by atoms with Gasteiger partial charge in [-0.1, -0.05) is 12.1 Å². The SMILES string of the molecule is COc1ccc(CN(CC(=O)NCc2ccco2)C2CC2)cc1. The minimum absolute atomic E-state index is 0.0295. The average molecular weight is 314 g/mol. The molecular weight excluding hydrogens is 292 g/mol. The molecule has 1 fully saturated rings. The van der Waals surface area contributed by atoms with Crippen molar-refractivity contribution in [2.24, 2.45) is 0 Å². The number of nitrogens with zero attached hydrogens (tertiary/aromatic N) is 1. The number of hydrogen-bond acceptors (Lipinski definition) is 4. The van der Waals surface area contributed by atoms with Gasteiger partial charge in [-0.25, -0.2) is 0 Å². The normalized spacial score (nSPS) is 14.0. The average Bonchev–Trinajstić information content (AvgIpc) is 3.29. The number of carbonyl (C=O) groups is 1. The quantitative estimate of drug-likeness (QED) is 0.813. The molecule has 0 unspecified atom stereocenters. The lowest BCUT2D eigenvalue weighted by Gasteiger charge is -2.21. The highest BCUT2D eigenvalue weighted by atomic mass is 16.5. The Morgan fingerprint density at radius 3 is 2.70 bits per heavy atom. The van der Waals surface area contributed by atoms with Gasteiger partial charge in [-0.3, -0.25) is 9.69 Å². The topological polar surface area (TPSA) is 54.7 Å². The second kappa shape index (κ2) is 7.33. The van der Waals surface area contributed by atoms with Gasteiger partial charge in [0.1, 0.15) is 11.5 Å². The lowest BCUT2D eigenvalue weighted by atomic mass is 10.2. The fourth-order valence-electron chi connectivity index (χ4n) is 2.56. The van der Waals surface area contributed by atoms with Gasteiger partial charge in [-0.2, -0.15) is 0 Å². The van der Waals surface area contributed by atoms with E-state index >= 15 is 0 Å². The molecule has 23 heavy (non-hydrogen) atoms. The minimum atomic E-state index is 0.0295. The van der Waals surface area contributed by atoms with Crippen molar-refractivity contribution in [2.75, 3.05) is 13.7 Å². The summed E-state index contributed by atoms with van der Waals surface area (Å²) in [4.78, 5) is 14.4. The molecule has 1 N–H and O–H groups in total. The molecule has 0 radical (unpaired) electrons. The first kappa shape index (κ1) is 15.6. The molecule has 0 atom stereocenters. The summed E-state index contributed by atoms with van der Waals surface area (Å²) in [6.45, 7) is 1.63. The number of carbonyl (C=O) groups excluding carboxylic acids is 1. The first-order chi connectivity index (χ1) is 11.2. The number of nitrogens with one attached hydrogen (secondary N) is 1. The summed E-state index contributed by atoms with van der Waals surface area (Å²) in [6, 6.07) is 12.2. The molecular formula is C18H22N2O3. The third kappa shape index (κ3) is 4.60. The molecule has 1 aromatic heterocycles. The summed E-state index contributed by atoms with van der Waals surface area (Å²) in [7, 11) is 1.66. The van der Waals surface area contributed by atoms with Crippen LogP contribution in [-0.4, -0.2) is 30.5 Å². The van der Waals surface area contributed by atoms with E-state index in [1.165, 1.54) is 18.4 Å². The Morgan fingerprint density at radius 1 is 1.30 bits per heavy atom. The lowest BCUT2D eigenvalue weighted by molar-refractivity contribution is -0.122. The highest BCUT2D eigenvalue weighted by Gasteiger charge is 2.30. The van der Waals surface area contributed by atoms with Crippen LogP contribution in [0, 0.1) is 0 Å². The predicted molar refractivity (Wildman–Crippen MR) is 87.0 cm³/mol. The standard InChI is InChI=1S/C18H22N2O3/c1-22-16-8-4-14(5-9-16)12-20(15-6-7-15)13-18(21)19-11-17-3-2-10-23-17/h2-5,8-10,15H,6-7,11-13H2,1H3,(H,19,21). The monoisotopic (exact) mass is 314 g/mol. The Hall–Kier alpha value is -2.27. The van der Waals surface area contributed by atoms with Gasteiger partial charge in [0.05, 0.1) is 26.5 Å². The van der Waals surface area contributed by atoms with Gasteiger partial charge < -0.3 is 14.5 Å². The van der Waals surface area contributed by atoms with E-state index in [0.29, 0.717) is 19.1 Å². The largest absolute Gasteiger partial charge is 0.497 e. The van der Waals surface area contributed by atoms with Crippen molar-refractivity contribution in [1.29, 1.82) is 0 Å². The molecule has 1 saturated carbocycles. The van der Waals surface area contributed by atoms with Gasteiger partial charge in [0.25, 0.3) is 0 Å². The lowest BCUT2D eigenvalue weighted by Crippen LogP contribution is -2.37. The summed E-state index contributed by atoms with van der Waals surface area (Å²) in [5.74, 6) is 1.65. The fraction of sp³-hybridized carbons (Fsp3) is 0.389. The molecule has 2 aromatic rings. The van der Waals surface area contributed by atoms with Crippen LogP contribution in [0.2, 0.25) is 0 Å². The van der Waals surface area contributed by atoms with Crippen LogP contribution in [0.3, 0.4) is 0 Å². The second-order valence-corrected chi connectivity index (χ2v) is 5.84. The molecule has 0 bridgehead atoms. The van der Waals surface area contributed by atoms with E-state index in [2.05, 4.69) is 22.3 Å². The van der Waals surface area contributed by atoms with Crippen LogP contribution in [-0.2, 0) is 17.9 Å². The van der Waals surface area contributed by atoms with Gasteiger partial charge in [0, 0.05) is 12.6 Å². The summed E-state index contributed by atoms with van der Waals surface area (Å²) in [5.41, 5.74) is 1.19. The zero-order valence-corrected chi connectivity index (χ0v) is 13.3. The maximum Gasteiger partial charge on any atom is 0.234 e. The maximum absolute atomic E-state index is 12.2. The second-order valence-electron chi connectivity index (χ2n) is 5.84. The Labute approximate surface area is 136 Å². The third-order valence-electron chi connectivity index (χ3n) is 3.99. The van der Waals surface area contributed by atoms with Crippen molar-refractivity contribution in [2.45, 2.75) is 32.0 Å². The van der Waals surface area contributed by atoms with Crippen molar-refractivity contribution >= 4 is 5.91 Å². The van der Waals surface area contributed by atoms with E-state index in [9.17, 15) is 4.79 Å². The molecule has 5 heteroatoms. The van der Waals surface area contributed by atoms with Gasteiger partial charge in [-0.05, 0) is 42.7 Å². The molecule has 1 aliphatic carbocycles. The number of benzene rings is 1. The predicted octanol–water partition coefficient (Wildman–Crippen LogP) is 2.57. The minimum Gasteiger partial charge on any atom is -0.497 e. The molecule has 0 aliphatic heterocycles. The Bertz CT molecular complexity index is 618. The van der Waals surface area contributed by atoms with Crippen LogP contribution in [0.4, 0.5) is 0 Å². The Kier molecular flexibility index (Phi) is 4.98. The number of methoxy groups -OCH3 is 1. The molecule has 5 nitrogen and oxygen atoms in total. The molecule has 3 rings (SSSR count). The third-order valence-corrected chi connectivity index (χ3v) is 3.99. The van der Waals surface area contributed by atoms with Crippen LogP contribution in [0.1, 0.15) is 24.2 Å². The molecule has 1 aliphatic rings. The first-order valence-electron chi connectivity index (χ1n) is 7.90. The number of hydrogen-bond donors (Lipinski definition) is 1. The highest BCUT2D eigenvalue weighted by molar-refractivity contribution is 5.78. The van der Waals surface area contributed by atoms with E-state index in [4.69, 9.17) is 9.15 Å². The van der Waals surface area contributed by atoms with Crippen LogP contribution >= 0.6 is 0 Å². The Balaban J connectivity index is 1.52. The van der Waals surface area contributed by atoms with Crippen LogP contribution < -0.4 is 10.1 Å².